The van der Waals surface area contributed by atoms with Gasteiger partial charge in [0.05, 0.1) is 12.6 Å². The smallest absolute Gasteiger partial charge is 0.264 e. The molecule has 3 heterocycles. The number of aromatic nitrogens is 1. The number of methoxy groups -OCH3 is 1. The summed E-state index contributed by atoms with van der Waals surface area (Å²) in [5, 5.41) is 9.73. The van der Waals surface area contributed by atoms with Crippen molar-refractivity contribution in [2.45, 2.75) is 65.3 Å². The van der Waals surface area contributed by atoms with Gasteiger partial charge in [-0.2, -0.15) is 5.26 Å². The third-order valence-electron chi connectivity index (χ3n) is 7.07. The number of hydrogen-bond donors (Lipinski definition) is 0. The standard InChI is InChI=1S/C26H38N4O3/c1-19-15-23(21(3)30(19)20(2)18-33-4)16-24(17-27)26(32)29-13-9-22(10-14-29)25(31)28-11-7-5-6-8-12-28/h15-16,20,22H,5-14,18H2,1-4H3/b24-16+. The lowest BCUT2D eigenvalue weighted by molar-refractivity contribution is -0.139. The predicted octanol–water partition coefficient (Wildman–Crippen LogP) is 3.86. The van der Waals surface area contributed by atoms with Crippen LogP contribution in [-0.2, 0) is 14.3 Å². The molecule has 2 amide bonds. The van der Waals surface area contributed by atoms with Gasteiger partial charge in [0.2, 0.25) is 5.91 Å². The number of ether oxygens (including phenoxy) is 1. The molecule has 0 aromatic carbocycles. The molecule has 0 bridgehead atoms. The number of likely N-dealkylation sites (tertiary alicyclic amines) is 2. The average molecular weight is 455 g/mol. The summed E-state index contributed by atoms with van der Waals surface area (Å²) in [6.45, 7) is 9.47. The highest BCUT2D eigenvalue weighted by Crippen LogP contribution is 2.25. The van der Waals surface area contributed by atoms with E-state index in [4.69, 9.17) is 4.74 Å². The number of nitriles is 1. The number of piperidine rings is 1. The van der Waals surface area contributed by atoms with E-state index in [0.717, 1.165) is 42.9 Å². The summed E-state index contributed by atoms with van der Waals surface area (Å²) in [6, 6.07) is 4.29. The van der Waals surface area contributed by atoms with Crippen LogP contribution in [0.5, 0.6) is 0 Å². The maximum absolute atomic E-state index is 13.1. The summed E-state index contributed by atoms with van der Waals surface area (Å²) >= 11 is 0. The maximum Gasteiger partial charge on any atom is 0.264 e. The van der Waals surface area contributed by atoms with E-state index in [9.17, 15) is 14.9 Å². The molecule has 0 spiro atoms. The fourth-order valence-corrected chi connectivity index (χ4v) is 5.29. The van der Waals surface area contributed by atoms with Crippen molar-refractivity contribution in [2.24, 2.45) is 5.92 Å². The largest absolute Gasteiger partial charge is 0.383 e. The fourth-order valence-electron chi connectivity index (χ4n) is 5.29. The van der Waals surface area contributed by atoms with Gasteiger partial charge in [0.1, 0.15) is 11.6 Å². The van der Waals surface area contributed by atoms with Crippen LogP contribution in [0.15, 0.2) is 11.6 Å². The number of rotatable bonds is 6. The lowest BCUT2D eigenvalue weighted by atomic mass is 9.94. The van der Waals surface area contributed by atoms with Crippen LogP contribution in [0.25, 0.3) is 6.08 Å². The molecule has 1 aromatic heterocycles. The molecule has 2 fully saturated rings. The van der Waals surface area contributed by atoms with Crippen molar-refractivity contribution < 1.29 is 14.3 Å². The van der Waals surface area contributed by atoms with Crippen molar-refractivity contribution >= 4 is 17.9 Å². The lowest BCUT2D eigenvalue weighted by Crippen LogP contribution is -2.45. The minimum atomic E-state index is -0.243. The van der Waals surface area contributed by atoms with Gasteiger partial charge in [-0.25, -0.2) is 0 Å². The van der Waals surface area contributed by atoms with E-state index in [1.165, 1.54) is 12.8 Å². The van der Waals surface area contributed by atoms with Crippen LogP contribution in [0, 0.1) is 31.1 Å². The van der Waals surface area contributed by atoms with Crippen molar-refractivity contribution in [3.8, 4) is 6.07 Å². The zero-order chi connectivity index (χ0) is 24.0. The molecule has 1 atom stereocenters. The Bertz CT molecular complexity index is 911. The molecular formula is C26H38N4O3. The highest BCUT2D eigenvalue weighted by Gasteiger charge is 2.31. The lowest BCUT2D eigenvalue weighted by Gasteiger charge is -2.34. The van der Waals surface area contributed by atoms with E-state index in [-0.39, 0.29) is 29.3 Å². The van der Waals surface area contributed by atoms with Crippen molar-refractivity contribution in [2.75, 3.05) is 39.9 Å². The first-order chi connectivity index (χ1) is 15.9. The Morgan fingerprint density at radius 3 is 2.33 bits per heavy atom. The van der Waals surface area contributed by atoms with Crippen molar-refractivity contribution in [3.05, 3.63) is 28.6 Å². The Morgan fingerprint density at radius 2 is 1.76 bits per heavy atom. The number of hydrogen-bond acceptors (Lipinski definition) is 4. The summed E-state index contributed by atoms with van der Waals surface area (Å²) in [7, 11) is 1.68. The van der Waals surface area contributed by atoms with Gasteiger partial charge in [0, 0.05) is 50.6 Å². The molecule has 33 heavy (non-hydrogen) atoms. The van der Waals surface area contributed by atoms with Crippen molar-refractivity contribution in [3.63, 3.8) is 0 Å². The Kier molecular flexibility index (Phi) is 8.74. The second kappa shape index (κ2) is 11.5. The molecule has 7 heteroatoms. The normalized spacial score (nSPS) is 19.2. The van der Waals surface area contributed by atoms with Gasteiger partial charge < -0.3 is 19.1 Å². The summed E-state index contributed by atoms with van der Waals surface area (Å²) in [4.78, 5) is 29.8. The SMILES string of the molecule is COCC(C)n1c(C)cc(/C=C(\C#N)C(=O)N2CCC(C(=O)N3CCCCCC3)CC2)c1C. The average Bonchev–Trinajstić information content (AvgIpc) is 2.98. The van der Waals surface area contributed by atoms with Gasteiger partial charge in [-0.1, -0.05) is 12.8 Å². The summed E-state index contributed by atoms with van der Waals surface area (Å²) in [5.74, 6) is -0.00607. The van der Waals surface area contributed by atoms with E-state index in [2.05, 4.69) is 17.6 Å². The van der Waals surface area contributed by atoms with E-state index < -0.39 is 0 Å². The van der Waals surface area contributed by atoms with E-state index in [1.54, 1.807) is 18.1 Å². The summed E-state index contributed by atoms with van der Waals surface area (Å²) in [6.07, 6.45) is 7.62. The number of amides is 2. The minimum absolute atomic E-state index is 0.0112. The molecule has 0 radical (unpaired) electrons. The van der Waals surface area contributed by atoms with Gasteiger partial charge in [-0.15, -0.1) is 0 Å². The Hall–Kier alpha value is -2.59. The molecule has 2 saturated heterocycles. The van der Waals surface area contributed by atoms with E-state index in [1.807, 2.05) is 24.8 Å². The van der Waals surface area contributed by atoms with E-state index >= 15 is 0 Å². The van der Waals surface area contributed by atoms with Gasteiger partial charge in [-0.3, -0.25) is 9.59 Å². The first-order valence-corrected chi connectivity index (χ1v) is 12.2. The predicted molar refractivity (Wildman–Crippen MR) is 128 cm³/mol. The fraction of sp³-hybridized carbons (Fsp3) is 0.654. The quantitative estimate of drug-likeness (QED) is 0.483. The molecule has 180 valence electrons. The van der Waals surface area contributed by atoms with Crippen LogP contribution < -0.4 is 0 Å². The monoisotopic (exact) mass is 454 g/mol. The topological polar surface area (TPSA) is 78.6 Å². The van der Waals surface area contributed by atoms with Gasteiger partial charge in [0.15, 0.2) is 0 Å². The molecule has 1 unspecified atom stereocenters. The molecule has 2 aliphatic heterocycles. The molecule has 0 N–H and O–H groups in total. The number of aryl methyl sites for hydroxylation is 1. The molecule has 2 aliphatic rings. The Labute approximate surface area is 198 Å². The first-order valence-electron chi connectivity index (χ1n) is 12.2. The van der Waals surface area contributed by atoms with Crippen molar-refractivity contribution in [1.29, 1.82) is 5.26 Å². The maximum atomic E-state index is 13.1. The van der Waals surface area contributed by atoms with Gasteiger partial charge in [0.25, 0.3) is 5.91 Å². The van der Waals surface area contributed by atoms with Crippen LogP contribution in [-0.4, -0.2) is 66.1 Å². The second-order valence-corrected chi connectivity index (χ2v) is 9.48. The Morgan fingerprint density at radius 1 is 1.12 bits per heavy atom. The number of carbonyl (C=O) groups is 2. The van der Waals surface area contributed by atoms with Crippen LogP contribution in [0.4, 0.5) is 0 Å². The third kappa shape index (κ3) is 5.86. The van der Waals surface area contributed by atoms with Crippen LogP contribution >= 0.6 is 0 Å². The molecular weight excluding hydrogens is 416 g/mol. The molecule has 1 aromatic rings. The number of nitrogens with zero attached hydrogens (tertiary/aromatic N) is 4. The van der Waals surface area contributed by atoms with Crippen molar-refractivity contribution in [1.82, 2.24) is 14.4 Å². The molecule has 0 saturated carbocycles. The molecule has 7 nitrogen and oxygen atoms in total. The van der Waals surface area contributed by atoms with Gasteiger partial charge in [-0.05, 0) is 64.2 Å². The van der Waals surface area contributed by atoms with E-state index in [0.29, 0.717) is 32.5 Å². The van der Waals surface area contributed by atoms with Crippen LogP contribution in [0.2, 0.25) is 0 Å². The third-order valence-corrected chi connectivity index (χ3v) is 7.07. The zero-order valence-electron chi connectivity index (χ0n) is 20.6. The highest BCUT2D eigenvalue weighted by atomic mass is 16.5. The first kappa shape index (κ1) is 25.0. The molecule has 3 rings (SSSR count). The minimum Gasteiger partial charge on any atom is -0.383 e. The highest BCUT2D eigenvalue weighted by molar-refractivity contribution is 6.02. The second-order valence-electron chi connectivity index (χ2n) is 9.48. The molecule has 0 aliphatic carbocycles. The zero-order valence-corrected chi connectivity index (χ0v) is 20.6. The van der Waals surface area contributed by atoms with Crippen LogP contribution in [0.1, 0.15) is 68.4 Å². The Balaban J connectivity index is 1.66. The van der Waals surface area contributed by atoms with Crippen LogP contribution in [0.3, 0.4) is 0 Å². The van der Waals surface area contributed by atoms with Gasteiger partial charge >= 0.3 is 0 Å². The number of carbonyl (C=O) groups excluding carboxylic acids is 2. The summed E-state index contributed by atoms with van der Waals surface area (Å²) in [5.41, 5.74) is 3.11. The summed E-state index contributed by atoms with van der Waals surface area (Å²) < 4.78 is 7.47.